The van der Waals surface area contributed by atoms with Crippen LogP contribution in [0.2, 0.25) is 0 Å². The van der Waals surface area contributed by atoms with E-state index in [1.54, 1.807) is 0 Å². The molecular formula is C10H7F2NO2S. The van der Waals surface area contributed by atoms with E-state index in [-0.39, 0.29) is 16.4 Å². The lowest BCUT2D eigenvalue weighted by molar-refractivity contribution is -0.137. The topological polar surface area (TPSA) is 49.7 Å². The maximum absolute atomic E-state index is 13.3. The molecule has 1 aromatic rings. The maximum Gasteiger partial charge on any atom is 0.329 e. The van der Waals surface area contributed by atoms with Gasteiger partial charge < -0.3 is 5.11 Å². The van der Waals surface area contributed by atoms with Gasteiger partial charge in [0.15, 0.2) is 6.04 Å². The molecule has 1 unspecified atom stereocenters. The summed E-state index contributed by atoms with van der Waals surface area (Å²) in [6, 6.07) is 2.16. The van der Waals surface area contributed by atoms with Crippen LogP contribution in [0.5, 0.6) is 0 Å². The van der Waals surface area contributed by atoms with Gasteiger partial charge in [-0.2, -0.15) is 0 Å². The van der Waals surface area contributed by atoms with Gasteiger partial charge in [0, 0.05) is 11.3 Å². The highest BCUT2D eigenvalue weighted by Crippen LogP contribution is 2.25. The van der Waals surface area contributed by atoms with E-state index in [4.69, 9.17) is 5.11 Å². The number of halogens is 2. The largest absolute Gasteiger partial charge is 0.480 e. The summed E-state index contributed by atoms with van der Waals surface area (Å²) >= 11 is 1.12. The fraction of sp³-hybridized carbons (Fsp3) is 0.200. The Hall–Kier alpha value is -1.43. The molecule has 16 heavy (non-hydrogen) atoms. The van der Waals surface area contributed by atoms with Crippen LogP contribution in [0.3, 0.4) is 0 Å². The molecule has 0 saturated heterocycles. The molecule has 2 rings (SSSR count). The van der Waals surface area contributed by atoms with Crippen molar-refractivity contribution in [1.29, 1.82) is 0 Å². The second-order valence-corrected chi connectivity index (χ2v) is 4.23. The van der Waals surface area contributed by atoms with Crippen molar-refractivity contribution in [3.05, 3.63) is 35.4 Å². The van der Waals surface area contributed by atoms with E-state index in [9.17, 15) is 13.6 Å². The second-order valence-electron chi connectivity index (χ2n) is 3.22. The van der Waals surface area contributed by atoms with E-state index in [1.165, 1.54) is 0 Å². The fourth-order valence-corrected chi connectivity index (χ4v) is 2.36. The molecule has 84 valence electrons. The first-order valence-corrected chi connectivity index (χ1v) is 5.45. The molecule has 6 heteroatoms. The lowest BCUT2D eigenvalue weighted by Crippen LogP contribution is -2.17. The van der Waals surface area contributed by atoms with Crippen molar-refractivity contribution in [1.82, 2.24) is 0 Å². The Labute approximate surface area is 94.2 Å². The average Bonchev–Trinajstić information content (AvgIpc) is 2.70. The van der Waals surface area contributed by atoms with Gasteiger partial charge in [0.2, 0.25) is 0 Å². The Morgan fingerprint density at radius 1 is 1.50 bits per heavy atom. The van der Waals surface area contributed by atoms with Crippen LogP contribution in [-0.2, 0) is 4.79 Å². The highest BCUT2D eigenvalue weighted by Gasteiger charge is 2.26. The number of benzene rings is 1. The minimum atomic E-state index is -1.06. The van der Waals surface area contributed by atoms with Gasteiger partial charge in [0.05, 0.1) is 0 Å². The SMILES string of the molecule is O=C(O)C1CSC(c2cc(F)ccc2F)=N1. The van der Waals surface area contributed by atoms with Gasteiger partial charge in [-0.1, -0.05) is 0 Å². The van der Waals surface area contributed by atoms with Crippen molar-refractivity contribution < 1.29 is 18.7 Å². The van der Waals surface area contributed by atoms with Crippen molar-refractivity contribution in [3.8, 4) is 0 Å². The van der Waals surface area contributed by atoms with Crippen LogP contribution in [0, 0.1) is 11.6 Å². The Kier molecular flexibility index (Phi) is 2.91. The molecule has 3 nitrogen and oxygen atoms in total. The van der Waals surface area contributed by atoms with Crippen LogP contribution in [0.15, 0.2) is 23.2 Å². The standard InChI is InChI=1S/C10H7F2NO2S/c11-5-1-2-7(12)6(3-5)9-13-8(4-16-9)10(14)15/h1-3,8H,4H2,(H,14,15). The molecule has 1 aliphatic heterocycles. The quantitative estimate of drug-likeness (QED) is 0.863. The molecule has 1 N–H and O–H groups in total. The molecule has 0 aromatic heterocycles. The summed E-state index contributed by atoms with van der Waals surface area (Å²) in [6.07, 6.45) is 0. The van der Waals surface area contributed by atoms with Crippen molar-refractivity contribution in [2.45, 2.75) is 6.04 Å². The number of thioether (sulfide) groups is 1. The minimum Gasteiger partial charge on any atom is -0.480 e. The first kappa shape index (κ1) is 11.1. The van der Waals surface area contributed by atoms with Crippen molar-refractivity contribution in [3.63, 3.8) is 0 Å². The van der Waals surface area contributed by atoms with Gasteiger partial charge in [0.25, 0.3) is 0 Å². The number of rotatable bonds is 2. The fourth-order valence-electron chi connectivity index (χ4n) is 1.31. The molecule has 1 heterocycles. The smallest absolute Gasteiger partial charge is 0.329 e. The zero-order valence-corrected chi connectivity index (χ0v) is 8.80. The van der Waals surface area contributed by atoms with E-state index in [0.717, 1.165) is 30.0 Å². The zero-order chi connectivity index (χ0) is 11.7. The van der Waals surface area contributed by atoms with Crippen LogP contribution in [0.4, 0.5) is 8.78 Å². The number of carboxylic acids is 1. The Morgan fingerprint density at radius 3 is 2.88 bits per heavy atom. The molecule has 1 atom stereocenters. The van der Waals surface area contributed by atoms with Crippen LogP contribution in [0.1, 0.15) is 5.56 Å². The molecule has 0 fully saturated rings. The Balaban J connectivity index is 2.35. The van der Waals surface area contributed by atoms with Crippen LogP contribution in [-0.4, -0.2) is 27.9 Å². The number of aliphatic imine (C=N–C) groups is 1. The summed E-state index contributed by atoms with van der Waals surface area (Å²) in [5, 5.41) is 8.95. The number of carboxylic acid groups (broad SMARTS) is 1. The van der Waals surface area contributed by atoms with Crippen molar-refractivity contribution >= 4 is 22.8 Å². The van der Waals surface area contributed by atoms with E-state index < -0.39 is 23.6 Å². The van der Waals surface area contributed by atoms with Gasteiger partial charge in [-0.3, -0.25) is 4.99 Å². The molecule has 0 spiro atoms. The first-order valence-electron chi connectivity index (χ1n) is 4.47. The van der Waals surface area contributed by atoms with Crippen molar-refractivity contribution in [2.24, 2.45) is 4.99 Å². The van der Waals surface area contributed by atoms with Crippen LogP contribution < -0.4 is 0 Å². The monoisotopic (exact) mass is 243 g/mol. The van der Waals surface area contributed by atoms with E-state index >= 15 is 0 Å². The van der Waals surface area contributed by atoms with E-state index in [1.807, 2.05) is 0 Å². The average molecular weight is 243 g/mol. The predicted octanol–water partition coefficient (Wildman–Crippen LogP) is 1.91. The summed E-state index contributed by atoms with van der Waals surface area (Å²) in [5.41, 5.74) is 0.0220. The third kappa shape index (κ3) is 2.06. The zero-order valence-electron chi connectivity index (χ0n) is 7.98. The molecule has 0 radical (unpaired) electrons. The molecular weight excluding hydrogens is 236 g/mol. The van der Waals surface area contributed by atoms with Gasteiger partial charge in [-0.05, 0) is 18.2 Å². The highest BCUT2D eigenvalue weighted by atomic mass is 32.2. The number of hydrogen-bond acceptors (Lipinski definition) is 3. The minimum absolute atomic E-state index is 0.0220. The maximum atomic E-state index is 13.3. The molecule has 0 bridgehead atoms. The Morgan fingerprint density at radius 2 is 2.25 bits per heavy atom. The second kappa shape index (κ2) is 4.21. The number of carbonyl (C=O) groups is 1. The lowest BCUT2D eigenvalue weighted by Gasteiger charge is -2.01. The molecule has 0 saturated carbocycles. The third-order valence-electron chi connectivity index (χ3n) is 2.09. The number of nitrogens with zero attached hydrogens (tertiary/aromatic N) is 1. The third-order valence-corrected chi connectivity index (χ3v) is 3.18. The number of aliphatic carboxylic acids is 1. The van der Waals surface area contributed by atoms with Crippen LogP contribution >= 0.6 is 11.8 Å². The van der Waals surface area contributed by atoms with E-state index in [2.05, 4.69) is 4.99 Å². The summed E-state index contributed by atoms with van der Waals surface area (Å²) in [5.74, 6) is -1.97. The lowest BCUT2D eigenvalue weighted by atomic mass is 10.2. The molecule has 0 amide bonds. The normalized spacial score (nSPS) is 19.6. The van der Waals surface area contributed by atoms with Gasteiger partial charge in [-0.25, -0.2) is 13.6 Å². The molecule has 0 aliphatic carbocycles. The van der Waals surface area contributed by atoms with Gasteiger partial charge >= 0.3 is 5.97 Å². The van der Waals surface area contributed by atoms with Gasteiger partial charge in [-0.15, -0.1) is 11.8 Å². The summed E-state index contributed by atoms with van der Waals surface area (Å²) in [7, 11) is 0. The summed E-state index contributed by atoms with van der Waals surface area (Å²) < 4.78 is 26.3. The highest BCUT2D eigenvalue weighted by molar-refractivity contribution is 8.14. The van der Waals surface area contributed by atoms with Gasteiger partial charge in [0.1, 0.15) is 16.7 Å². The van der Waals surface area contributed by atoms with Crippen molar-refractivity contribution in [2.75, 3.05) is 5.75 Å². The Bertz CT molecular complexity index is 476. The van der Waals surface area contributed by atoms with E-state index in [0.29, 0.717) is 0 Å². The first-order chi connectivity index (χ1) is 7.58. The number of hydrogen-bond donors (Lipinski definition) is 1. The summed E-state index contributed by atoms with van der Waals surface area (Å²) in [4.78, 5) is 14.5. The molecule has 1 aromatic carbocycles. The predicted molar refractivity (Wildman–Crippen MR) is 56.8 cm³/mol. The molecule has 1 aliphatic rings. The van der Waals surface area contributed by atoms with Crippen LogP contribution in [0.25, 0.3) is 0 Å². The summed E-state index contributed by atoms with van der Waals surface area (Å²) in [6.45, 7) is 0.